The van der Waals surface area contributed by atoms with E-state index in [1.807, 2.05) is 53.9 Å². The molecule has 0 saturated heterocycles. The monoisotopic (exact) mass is 224 g/mol. The first-order chi connectivity index (χ1) is 7.65. The molecule has 0 aliphatic heterocycles. The molecule has 0 radical (unpaired) electrons. The second-order valence-electron chi connectivity index (χ2n) is 3.14. The minimum Gasteiger partial charge on any atom is -0.399 e. The van der Waals surface area contributed by atoms with E-state index >= 15 is 0 Å². The van der Waals surface area contributed by atoms with E-state index in [0.717, 1.165) is 12.1 Å². The average molecular weight is 224 g/mol. The van der Waals surface area contributed by atoms with Crippen LogP contribution in [0.4, 0.5) is 11.4 Å². The Balaban J connectivity index is 0. The lowest BCUT2D eigenvalue weighted by molar-refractivity contribution is 1.06. The molecule has 1 rings (SSSR count). The second-order valence-corrected chi connectivity index (χ2v) is 3.14. The Morgan fingerprint density at radius 1 is 1.06 bits per heavy atom. The van der Waals surface area contributed by atoms with Gasteiger partial charge in [0.15, 0.2) is 0 Å². The summed E-state index contributed by atoms with van der Waals surface area (Å²) in [4.78, 5) is 2.11. The standard InChI is InChI=1S/C10H16N2.2C2H6/c1-4-8-7-9(11)5-6-10(8)12(2)3;2*1-2/h5-7H,4,11H2,1-3H3;2*1-2H3. The highest BCUT2D eigenvalue weighted by Crippen LogP contribution is 2.21. The second kappa shape index (κ2) is 10.3. The Labute approximate surface area is 101 Å². The smallest absolute Gasteiger partial charge is 0.0394 e. The molecular weight excluding hydrogens is 196 g/mol. The molecule has 0 spiro atoms. The Hall–Kier alpha value is -1.18. The molecule has 0 fully saturated rings. The molecule has 1 aromatic carbocycles. The fourth-order valence-electron chi connectivity index (χ4n) is 1.32. The van der Waals surface area contributed by atoms with Crippen LogP contribution < -0.4 is 10.6 Å². The lowest BCUT2D eigenvalue weighted by Crippen LogP contribution is -2.11. The molecule has 0 heterocycles. The lowest BCUT2D eigenvalue weighted by Gasteiger charge is -2.16. The van der Waals surface area contributed by atoms with Gasteiger partial charge in [0.2, 0.25) is 0 Å². The molecule has 16 heavy (non-hydrogen) atoms. The van der Waals surface area contributed by atoms with Gasteiger partial charge in [-0.1, -0.05) is 34.6 Å². The Morgan fingerprint density at radius 3 is 1.94 bits per heavy atom. The first kappa shape index (κ1) is 17.2. The van der Waals surface area contributed by atoms with Crippen LogP contribution in [0.5, 0.6) is 0 Å². The zero-order chi connectivity index (χ0) is 13.1. The summed E-state index contributed by atoms with van der Waals surface area (Å²) in [6.45, 7) is 10.1. The summed E-state index contributed by atoms with van der Waals surface area (Å²) in [6, 6.07) is 6.04. The summed E-state index contributed by atoms with van der Waals surface area (Å²) >= 11 is 0. The van der Waals surface area contributed by atoms with E-state index in [-0.39, 0.29) is 0 Å². The molecule has 94 valence electrons. The van der Waals surface area contributed by atoms with E-state index in [2.05, 4.69) is 17.9 Å². The van der Waals surface area contributed by atoms with Gasteiger partial charge in [-0.05, 0) is 30.2 Å². The highest BCUT2D eigenvalue weighted by Gasteiger charge is 2.01. The zero-order valence-electron chi connectivity index (χ0n) is 12.0. The number of rotatable bonds is 2. The number of hydrogen-bond acceptors (Lipinski definition) is 2. The average Bonchev–Trinajstić information content (AvgIpc) is 2.33. The van der Waals surface area contributed by atoms with Crippen LogP contribution in [0.15, 0.2) is 18.2 Å². The normalized spacial score (nSPS) is 8.19. The van der Waals surface area contributed by atoms with Gasteiger partial charge in [0.25, 0.3) is 0 Å². The predicted octanol–water partition coefficient (Wildman–Crippen LogP) is 3.95. The quantitative estimate of drug-likeness (QED) is 0.771. The topological polar surface area (TPSA) is 29.3 Å². The fraction of sp³-hybridized carbons (Fsp3) is 0.571. The highest BCUT2D eigenvalue weighted by atomic mass is 15.1. The minimum absolute atomic E-state index is 0.845. The summed E-state index contributed by atoms with van der Waals surface area (Å²) in [5, 5.41) is 0. The van der Waals surface area contributed by atoms with Gasteiger partial charge in [-0.25, -0.2) is 0 Å². The number of nitrogens with zero attached hydrogens (tertiary/aromatic N) is 1. The van der Waals surface area contributed by atoms with Gasteiger partial charge >= 0.3 is 0 Å². The largest absolute Gasteiger partial charge is 0.399 e. The number of anilines is 2. The zero-order valence-corrected chi connectivity index (χ0v) is 12.0. The van der Waals surface area contributed by atoms with Gasteiger partial charge in [-0.15, -0.1) is 0 Å². The van der Waals surface area contributed by atoms with Crippen molar-refractivity contribution in [1.29, 1.82) is 0 Å². The molecule has 0 saturated carbocycles. The lowest BCUT2D eigenvalue weighted by atomic mass is 10.1. The molecule has 0 unspecified atom stereocenters. The van der Waals surface area contributed by atoms with E-state index in [9.17, 15) is 0 Å². The summed E-state index contributed by atoms with van der Waals surface area (Å²) in [5.41, 5.74) is 9.09. The van der Waals surface area contributed by atoms with Crippen molar-refractivity contribution in [3.63, 3.8) is 0 Å². The molecule has 2 nitrogen and oxygen atoms in total. The molecular formula is C14H28N2. The number of hydrogen-bond donors (Lipinski definition) is 1. The minimum atomic E-state index is 0.845. The maximum atomic E-state index is 5.68. The van der Waals surface area contributed by atoms with Crippen molar-refractivity contribution in [3.8, 4) is 0 Å². The maximum Gasteiger partial charge on any atom is 0.0394 e. The van der Waals surface area contributed by atoms with Crippen molar-refractivity contribution in [2.75, 3.05) is 24.7 Å². The van der Waals surface area contributed by atoms with Crippen LogP contribution in [0.3, 0.4) is 0 Å². The molecule has 2 heteroatoms. The summed E-state index contributed by atoms with van der Waals surface area (Å²) in [7, 11) is 4.09. The van der Waals surface area contributed by atoms with Crippen molar-refractivity contribution in [2.45, 2.75) is 41.0 Å². The SMILES string of the molecule is CC.CC.CCc1cc(N)ccc1N(C)C. The number of aryl methyl sites for hydroxylation is 1. The van der Waals surface area contributed by atoms with Crippen molar-refractivity contribution >= 4 is 11.4 Å². The molecule has 0 aliphatic carbocycles. The van der Waals surface area contributed by atoms with Crippen LogP contribution in [-0.4, -0.2) is 14.1 Å². The number of nitrogen functional groups attached to an aromatic ring is 1. The number of benzene rings is 1. The molecule has 2 N–H and O–H groups in total. The molecule has 0 aliphatic rings. The molecule has 0 bridgehead atoms. The Morgan fingerprint density at radius 2 is 1.56 bits per heavy atom. The highest BCUT2D eigenvalue weighted by molar-refractivity contribution is 5.58. The van der Waals surface area contributed by atoms with E-state index in [0.29, 0.717) is 0 Å². The van der Waals surface area contributed by atoms with Crippen LogP contribution in [0.1, 0.15) is 40.2 Å². The van der Waals surface area contributed by atoms with Gasteiger partial charge in [0.05, 0.1) is 0 Å². The van der Waals surface area contributed by atoms with E-state index in [1.54, 1.807) is 0 Å². The summed E-state index contributed by atoms with van der Waals surface area (Å²) in [5.74, 6) is 0. The van der Waals surface area contributed by atoms with E-state index in [1.165, 1.54) is 11.3 Å². The number of nitrogens with two attached hydrogens (primary N) is 1. The van der Waals surface area contributed by atoms with Gasteiger partial charge in [0.1, 0.15) is 0 Å². The van der Waals surface area contributed by atoms with Gasteiger partial charge in [-0.2, -0.15) is 0 Å². The van der Waals surface area contributed by atoms with Crippen molar-refractivity contribution < 1.29 is 0 Å². The van der Waals surface area contributed by atoms with Crippen LogP contribution in [0.2, 0.25) is 0 Å². The molecule has 1 aromatic rings. The predicted molar refractivity (Wildman–Crippen MR) is 77.3 cm³/mol. The Kier molecular flexibility index (Phi) is 11.1. The van der Waals surface area contributed by atoms with Crippen LogP contribution >= 0.6 is 0 Å². The van der Waals surface area contributed by atoms with Crippen LogP contribution in [0, 0.1) is 0 Å². The van der Waals surface area contributed by atoms with Crippen molar-refractivity contribution in [3.05, 3.63) is 23.8 Å². The van der Waals surface area contributed by atoms with Gasteiger partial charge in [-0.3, -0.25) is 0 Å². The van der Waals surface area contributed by atoms with Gasteiger partial charge in [0, 0.05) is 25.5 Å². The van der Waals surface area contributed by atoms with E-state index < -0.39 is 0 Å². The van der Waals surface area contributed by atoms with Crippen molar-refractivity contribution in [1.82, 2.24) is 0 Å². The molecule has 0 atom stereocenters. The third kappa shape index (κ3) is 5.64. The van der Waals surface area contributed by atoms with Crippen LogP contribution in [0.25, 0.3) is 0 Å². The fourth-order valence-corrected chi connectivity index (χ4v) is 1.32. The van der Waals surface area contributed by atoms with Crippen LogP contribution in [-0.2, 0) is 6.42 Å². The van der Waals surface area contributed by atoms with Gasteiger partial charge < -0.3 is 10.6 Å². The van der Waals surface area contributed by atoms with Crippen molar-refractivity contribution in [2.24, 2.45) is 0 Å². The third-order valence-electron chi connectivity index (χ3n) is 1.97. The van der Waals surface area contributed by atoms with E-state index in [4.69, 9.17) is 5.73 Å². The molecule has 0 amide bonds. The summed E-state index contributed by atoms with van der Waals surface area (Å²) in [6.07, 6.45) is 1.03. The first-order valence-electron chi connectivity index (χ1n) is 6.21. The third-order valence-corrected chi connectivity index (χ3v) is 1.97. The molecule has 0 aromatic heterocycles. The Bertz CT molecular complexity index is 267. The first-order valence-corrected chi connectivity index (χ1v) is 6.21. The maximum absolute atomic E-state index is 5.68. The summed E-state index contributed by atoms with van der Waals surface area (Å²) < 4.78 is 0.